The number of nitrogens with zero attached hydrogens (tertiary/aromatic N) is 1. The van der Waals surface area contributed by atoms with Gasteiger partial charge in [-0.15, -0.1) is 0 Å². The molecule has 0 heterocycles. The normalized spacial score (nSPS) is 10.2. The summed E-state index contributed by atoms with van der Waals surface area (Å²) in [5.41, 5.74) is 8.14. The van der Waals surface area contributed by atoms with Gasteiger partial charge in [0, 0.05) is 19.3 Å². The minimum atomic E-state index is -0.0333. The molecule has 0 aromatic heterocycles. The summed E-state index contributed by atoms with van der Waals surface area (Å²) in [4.78, 5) is 13.9. The van der Waals surface area contributed by atoms with E-state index in [0.29, 0.717) is 17.8 Å². The third kappa shape index (κ3) is 3.35. The Morgan fingerprint density at radius 3 is 2.37 bits per heavy atom. The molecule has 0 aliphatic carbocycles. The SMILES string of the molecule is CN(CCc1ccccc1)C(=O)c1ccccc1N. The predicted octanol–water partition coefficient (Wildman–Crippen LogP) is 2.58. The molecule has 0 radical (unpaired) electrons. The zero-order chi connectivity index (χ0) is 13.7. The van der Waals surface area contributed by atoms with Crippen molar-refractivity contribution >= 4 is 11.6 Å². The molecule has 19 heavy (non-hydrogen) atoms. The van der Waals surface area contributed by atoms with E-state index in [-0.39, 0.29) is 5.91 Å². The Hall–Kier alpha value is -2.29. The van der Waals surface area contributed by atoms with Gasteiger partial charge in [-0.3, -0.25) is 4.79 Å². The fourth-order valence-electron chi connectivity index (χ4n) is 1.94. The van der Waals surface area contributed by atoms with Crippen molar-refractivity contribution < 1.29 is 4.79 Å². The Morgan fingerprint density at radius 2 is 1.68 bits per heavy atom. The Bertz CT molecular complexity index is 552. The van der Waals surface area contributed by atoms with E-state index in [1.54, 1.807) is 24.1 Å². The second-order valence-corrected chi connectivity index (χ2v) is 4.55. The summed E-state index contributed by atoms with van der Waals surface area (Å²) < 4.78 is 0. The molecule has 0 unspecified atom stereocenters. The minimum absolute atomic E-state index is 0.0333. The lowest BCUT2D eigenvalue weighted by molar-refractivity contribution is 0.0797. The van der Waals surface area contributed by atoms with Crippen molar-refractivity contribution in [2.24, 2.45) is 0 Å². The first-order valence-corrected chi connectivity index (χ1v) is 6.32. The molecule has 1 amide bonds. The third-order valence-corrected chi connectivity index (χ3v) is 3.12. The average Bonchev–Trinajstić information content (AvgIpc) is 2.45. The number of hydrogen-bond acceptors (Lipinski definition) is 2. The smallest absolute Gasteiger partial charge is 0.255 e. The summed E-state index contributed by atoms with van der Waals surface area (Å²) >= 11 is 0. The van der Waals surface area contributed by atoms with Crippen LogP contribution in [0, 0.1) is 0 Å². The molecule has 0 aliphatic heterocycles. The quantitative estimate of drug-likeness (QED) is 0.852. The van der Waals surface area contributed by atoms with Crippen LogP contribution in [0.4, 0.5) is 5.69 Å². The number of carbonyl (C=O) groups is 1. The molecule has 3 nitrogen and oxygen atoms in total. The van der Waals surface area contributed by atoms with Crippen LogP contribution in [-0.2, 0) is 6.42 Å². The Labute approximate surface area is 113 Å². The topological polar surface area (TPSA) is 46.3 Å². The highest BCUT2D eigenvalue weighted by atomic mass is 16.2. The fraction of sp³-hybridized carbons (Fsp3) is 0.188. The van der Waals surface area contributed by atoms with Gasteiger partial charge in [-0.2, -0.15) is 0 Å². The van der Waals surface area contributed by atoms with Crippen molar-refractivity contribution in [3.63, 3.8) is 0 Å². The monoisotopic (exact) mass is 254 g/mol. The van der Waals surface area contributed by atoms with Crippen molar-refractivity contribution in [2.45, 2.75) is 6.42 Å². The summed E-state index contributed by atoms with van der Waals surface area (Å²) in [5.74, 6) is -0.0333. The van der Waals surface area contributed by atoms with E-state index in [0.717, 1.165) is 6.42 Å². The number of benzene rings is 2. The van der Waals surface area contributed by atoms with Crippen LogP contribution >= 0.6 is 0 Å². The number of para-hydroxylation sites is 1. The van der Waals surface area contributed by atoms with E-state index in [4.69, 9.17) is 5.73 Å². The van der Waals surface area contributed by atoms with E-state index in [1.165, 1.54) is 5.56 Å². The summed E-state index contributed by atoms with van der Waals surface area (Å²) in [7, 11) is 1.80. The molecule has 2 aromatic carbocycles. The van der Waals surface area contributed by atoms with Gasteiger partial charge in [0.05, 0.1) is 5.56 Å². The zero-order valence-corrected chi connectivity index (χ0v) is 11.0. The number of likely N-dealkylation sites (N-methyl/N-ethyl adjacent to an activating group) is 1. The van der Waals surface area contributed by atoms with Crippen LogP contribution in [0.1, 0.15) is 15.9 Å². The maximum absolute atomic E-state index is 12.2. The second-order valence-electron chi connectivity index (χ2n) is 4.55. The Balaban J connectivity index is 1.99. The van der Waals surface area contributed by atoms with Gasteiger partial charge in [-0.05, 0) is 24.1 Å². The highest BCUT2D eigenvalue weighted by Gasteiger charge is 2.13. The Morgan fingerprint density at radius 1 is 1.05 bits per heavy atom. The summed E-state index contributed by atoms with van der Waals surface area (Å²) in [6.45, 7) is 0.678. The van der Waals surface area contributed by atoms with E-state index < -0.39 is 0 Å². The molecule has 0 saturated heterocycles. The summed E-state index contributed by atoms with van der Waals surface area (Å²) in [5, 5.41) is 0. The molecule has 0 atom stereocenters. The maximum atomic E-state index is 12.2. The summed E-state index contributed by atoms with van der Waals surface area (Å²) in [6, 6.07) is 17.3. The second kappa shape index (κ2) is 6.05. The highest BCUT2D eigenvalue weighted by Crippen LogP contribution is 2.13. The van der Waals surface area contributed by atoms with Crippen LogP contribution in [0.25, 0.3) is 0 Å². The van der Waals surface area contributed by atoms with Gasteiger partial charge in [0.1, 0.15) is 0 Å². The van der Waals surface area contributed by atoms with Gasteiger partial charge in [0.2, 0.25) is 0 Å². The zero-order valence-electron chi connectivity index (χ0n) is 11.0. The lowest BCUT2D eigenvalue weighted by atomic mass is 10.1. The number of carbonyl (C=O) groups excluding carboxylic acids is 1. The van der Waals surface area contributed by atoms with Gasteiger partial charge < -0.3 is 10.6 Å². The first kappa shape index (κ1) is 13.1. The molecule has 0 bridgehead atoms. The first-order valence-electron chi connectivity index (χ1n) is 6.32. The lowest BCUT2D eigenvalue weighted by Crippen LogP contribution is -2.29. The number of rotatable bonds is 4. The van der Waals surface area contributed by atoms with Crippen molar-refractivity contribution in [3.05, 3.63) is 65.7 Å². The molecular weight excluding hydrogens is 236 g/mol. The average molecular weight is 254 g/mol. The van der Waals surface area contributed by atoms with Gasteiger partial charge in [-0.25, -0.2) is 0 Å². The van der Waals surface area contributed by atoms with Gasteiger partial charge in [0.25, 0.3) is 5.91 Å². The van der Waals surface area contributed by atoms with Crippen molar-refractivity contribution in [1.29, 1.82) is 0 Å². The number of hydrogen-bond donors (Lipinski definition) is 1. The van der Waals surface area contributed by atoms with Gasteiger partial charge in [-0.1, -0.05) is 42.5 Å². The molecule has 3 heteroatoms. The van der Waals surface area contributed by atoms with E-state index >= 15 is 0 Å². The van der Waals surface area contributed by atoms with Gasteiger partial charge >= 0.3 is 0 Å². The molecule has 0 aliphatic rings. The molecule has 0 saturated carbocycles. The fourth-order valence-corrected chi connectivity index (χ4v) is 1.94. The lowest BCUT2D eigenvalue weighted by Gasteiger charge is -2.18. The van der Waals surface area contributed by atoms with Crippen molar-refractivity contribution in [1.82, 2.24) is 4.90 Å². The third-order valence-electron chi connectivity index (χ3n) is 3.12. The van der Waals surface area contributed by atoms with Crippen LogP contribution in [0.3, 0.4) is 0 Å². The van der Waals surface area contributed by atoms with Crippen LogP contribution < -0.4 is 5.73 Å². The van der Waals surface area contributed by atoms with Crippen LogP contribution in [-0.4, -0.2) is 24.4 Å². The number of nitrogen functional groups attached to an aromatic ring is 1. The maximum Gasteiger partial charge on any atom is 0.255 e. The summed E-state index contributed by atoms with van der Waals surface area (Å²) in [6.07, 6.45) is 0.843. The predicted molar refractivity (Wildman–Crippen MR) is 78.0 cm³/mol. The van der Waals surface area contributed by atoms with Crippen LogP contribution in [0.5, 0.6) is 0 Å². The molecule has 2 rings (SSSR count). The van der Waals surface area contributed by atoms with E-state index in [2.05, 4.69) is 12.1 Å². The Kier molecular flexibility index (Phi) is 4.18. The number of anilines is 1. The first-order chi connectivity index (χ1) is 9.18. The van der Waals surface area contributed by atoms with Crippen molar-refractivity contribution in [3.8, 4) is 0 Å². The minimum Gasteiger partial charge on any atom is -0.398 e. The van der Waals surface area contributed by atoms with Crippen LogP contribution in [0.2, 0.25) is 0 Å². The van der Waals surface area contributed by atoms with E-state index in [1.807, 2.05) is 30.3 Å². The van der Waals surface area contributed by atoms with Crippen molar-refractivity contribution in [2.75, 3.05) is 19.3 Å². The molecule has 2 aromatic rings. The largest absolute Gasteiger partial charge is 0.398 e. The van der Waals surface area contributed by atoms with Crippen LogP contribution in [0.15, 0.2) is 54.6 Å². The number of nitrogens with two attached hydrogens (primary N) is 1. The standard InChI is InChI=1S/C16H18N2O/c1-18(12-11-13-7-3-2-4-8-13)16(19)14-9-5-6-10-15(14)17/h2-10H,11-12,17H2,1H3. The molecule has 0 spiro atoms. The molecular formula is C16H18N2O. The molecule has 0 fully saturated rings. The van der Waals surface area contributed by atoms with E-state index in [9.17, 15) is 4.79 Å². The van der Waals surface area contributed by atoms with Gasteiger partial charge in [0.15, 0.2) is 0 Å². The molecule has 98 valence electrons. The highest BCUT2D eigenvalue weighted by molar-refractivity contribution is 5.98. The molecule has 2 N–H and O–H groups in total. The number of amides is 1.